The van der Waals surface area contributed by atoms with Gasteiger partial charge in [0.1, 0.15) is 11.6 Å². The molecule has 1 aromatic carbocycles. The minimum atomic E-state index is -0.834. The lowest BCUT2D eigenvalue weighted by Gasteiger charge is -2.09. The molecule has 0 atom stereocenters. The molecule has 5 heteroatoms. The standard InChI is InChI=1S/C11H14F2N2O/c1-6(2)3-11(16)15-10-5-9(14)7(12)4-8(10)13/h4-6H,3,14H2,1-2H3,(H,15,16). The summed E-state index contributed by atoms with van der Waals surface area (Å²) in [6, 6.07) is 1.73. The zero-order chi connectivity index (χ0) is 12.3. The van der Waals surface area contributed by atoms with Crippen LogP contribution in [0.2, 0.25) is 0 Å². The lowest BCUT2D eigenvalue weighted by atomic mass is 10.1. The Balaban J connectivity index is 2.81. The molecule has 0 saturated carbocycles. The average molecular weight is 228 g/mol. The predicted octanol–water partition coefficient (Wildman–Crippen LogP) is 2.53. The summed E-state index contributed by atoms with van der Waals surface area (Å²) in [7, 11) is 0. The van der Waals surface area contributed by atoms with E-state index < -0.39 is 11.6 Å². The van der Waals surface area contributed by atoms with Crippen LogP contribution in [-0.4, -0.2) is 5.91 Å². The number of nitrogens with one attached hydrogen (secondary N) is 1. The molecule has 16 heavy (non-hydrogen) atoms. The van der Waals surface area contributed by atoms with E-state index in [0.717, 1.165) is 6.07 Å². The third-order valence-corrected chi connectivity index (χ3v) is 1.95. The molecular weight excluding hydrogens is 214 g/mol. The first kappa shape index (κ1) is 12.4. The van der Waals surface area contributed by atoms with Crippen molar-refractivity contribution in [3.63, 3.8) is 0 Å². The van der Waals surface area contributed by atoms with E-state index in [2.05, 4.69) is 5.32 Å². The van der Waals surface area contributed by atoms with E-state index in [0.29, 0.717) is 6.07 Å². The largest absolute Gasteiger partial charge is 0.396 e. The van der Waals surface area contributed by atoms with Crippen LogP contribution in [0.5, 0.6) is 0 Å². The van der Waals surface area contributed by atoms with Crippen LogP contribution in [0.1, 0.15) is 20.3 Å². The van der Waals surface area contributed by atoms with Gasteiger partial charge in [0.2, 0.25) is 5.91 Å². The van der Waals surface area contributed by atoms with Crippen LogP contribution in [0.4, 0.5) is 20.2 Å². The van der Waals surface area contributed by atoms with Crippen molar-refractivity contribution in [2.24, 2.45) is 5.92 Å². The Morgan fingerprint density at radius 1 is 1.38 bits per heavy atom. The zero-order valence-electron chi connectivity index (χ0n) is 9.18. The second-order valence-corrected chi connectivity index (χ2v) is 4.00. The maximum Gasteiger partial charge on any atom is 0.224 e. The van der Waals surface area contributed by atoms with E-state index in [4.69, 9.17) is 5.73 Å². The molecule has 0 unspecified atom stereocenters. The molecule has 0 aliphatic rings. The Morgan fingerprint density at radius 3 is 2.56 bits per heavy atom. The lowest BCUT2D eigenvalue weighted by molar-refractivity contribution is -0.116. The van der Waals surface area contributed by atoms with Gasteiger partial charge < -0.3 is 11.1 Å². The van der Waals surface area contributed by atoms with Crippen molar-refractivity contribution in [2.75, 3.05) is 11.1 Å². The number of carbonyl (C=O) groups excluding carboxylic acids is 1. The van der Waals surface area contributed by atoms with Gasteiger partial charge in [-0.1, -0.05) is 13.8 Å². The molecule has 0 spiro atoms. The first-order valence-electron chi connectivity index (χ1n) is 4.94. The second kappa shape index (κ2) is 4.92. The van der Waals surface area contributed by atoms with Crippen molar-refractivity contribution < 1.29 is 13.6 Å². The smallest absolute Gasteiger partial charge is 0.224 e. The molecule has 0 aromatic heterocycles. The van der Waals surface area contributed by atoms with Gasteiger partial charge in [-0.2, -0.15) is 0 Å². The van der Waals surface area contributed by atoms with Gasteiger partial charge in [0, 0.05) is 12.5 Å². The first-order chi connectivity index (χ1) is 7.40. The molecule has 0 heterocycles. The third kappa shape index (κ3) is 3.18. The van der Waals surface area contributed by atoms with Crippen molar-refractivity contribution in [2.45, 2.75) is 20.3 Å². The van der Waals surface area contributed by atoms with Gasteiger partial charge in [-0.15, -0.1) is 0 Å². The monoisotopic (exact) mass is 228 g/mol. The van der Waals surface area contributed by atoms with Gasteiger partial charge in [0.15, 0.2) is 0 Å². The van der Waals surface area contributed by atoms with Crippen LogP contribution in [0.25, 0.3) is 0 Å². The van der Waals surface area contributed by atoms with E-state index >= 15 is 0 Å². The Bertz CT molecular complexity index is 405. The molecule has 0 fully saturated rings. The number of halogens is 2. The summed E-state index contributed by atoms with van der Waals surface area (Å²) in [4.78, 5) is 11.4. The molecule has 1 aromatic rings. The summed E-state index contributed by atoms with van der Waals surface area (Å²) in [5.41, 5.74) is 4.99. The summed E-state index contributed by atoms with van der Waals surface area (Å²) < 4.78 is 26.0. The van der Waals surface area contributed by atoms with E-state index in [1.165, 1.54) is 0 Å². The SMILES string of the molecule is CC(C)CC(=O)Nc1cc(N)c(F)cc1F. The van der Waals surface area contributed by atoms with Gasteiger partial charge in [-0.25, -0.2) is 8.78 Å². The highest BCUT2D eigenvalue weighted by Crippen LogP contribution is 2.21. The van der Waals surface area contributed by atoms with Gasteiger partial charge in [0.05, 0.1) is 11.4 Å². The zero-order valence-corrected chi connectivity index (χ0v) is 9.18. The van der Waals surface area contributed by atoms with E-state index in [1.54, 1.807) is 0 Å². The summed E-state index contributed by atoms with van der Waals surface area (Å²) >= 11 is 0. The maximum atomic E-state index is 13.2. The Morgan fingerprint density at radius 2 is 2.00 bits per heavy atom. The van der Waals surface area contributed by atoms with Crippen LogP contribution in [0.3, 0.4) is 0 Å². The van der Waals surface area contributed by atoms with Crippen LogP contribution in [-0.2, 0) is 4.79 Å². The molecule has 0 bridgehead atoms. The highest BCUT2D eigenvalue weighted by atomic mass is 19.1. The van der Waals surface area contributed by atoms with Crippen molar-refractivity contribution in [1.29, 1.82) is 0 Å². The minimum absolute atomic E-state index is 0.0930. The molecule has 0 radical (unpaired) electrons. The number of benzene rings is 1. The Kier molecular flexibility index (Phi) is 3.82. The Labute approximate surface area is 92.6 Å². The molecule has 1 rings (SSSR count). The van der Waals surface area contributed by atoms with Crippen LogP contribution in [0.15, 0.2) is 12.1 Å². The van der Waals surface area contributed by atoms with Gasteiger partial charge >= 0.3 is 0 Å². The predicted molar refractivity (Wildman–Crippen MR) is 58.9 cm³/mol. The van der Waals surface area contributed by atoms with Crippen molar-refractivity contribution >= 4 is 17.3 Å². The number of hydrogen-bond acceptors (Lipinski definition) is 2. The molecule has 1 amide bonds. The summed E-state index contributed by atoms with van der Waals surface area (Å²) in [6.45, 7) is 3.74. The summed E-state index contributed by atoms with van der Waals surface area (Å²) in [5.74, 6) is -1.82. The van der Waals surface area contributed by atoms with Gasteiger partial charge in [-0.3, -0.25) is 4.79 Å². The lowest BCUT2D eigenvalue weighted by Crippen LogP contribution is -2.15. The van der Waals surface area contributed by atoms with Crippen molar-refractivity contribution in [3.8, 4) is 0 Å². The van der Waals surface area contributed by atoms with Gasteiger partial charge in [0.25, 0.3) is 0 Å². The van der Waals surface area contributed by atoms with Gasteiger partial charge in [-0.05, 0) is 12.0 Å². The van der Waals surface area contributed by atoms with Crippen LogP contribution in [0, 0.1) is 17.6 Å². The second-order valence-electron chi connectivity index (χ2n) is 4.00. The molecule has 0 aliphatic carbocycles. The fourth-order valence-electron chi connectivity index (χ4n) is 1.23. The first-order valence-corrected chi connectivity index (χ1v) is 4.94. The number of amides is 1. The van der Waals surface area contributed by atoms with E-state index in [-0.39, 0.29) is 29.6 Å². The molecular formula is C11H14F2N2O. The fraction of sp³-hybridized carbons (Fsp3) is 0.364. The highest BCUT2D eigenvalue weighted by molar-refractivity contribution is 5.91. The number of carbonyl (C=O) groups is 1. The molecule has 0 aliphatic heterocycles. The fourth-order valence-corrected chi connectivity index (χ4v) is 1.23. The number of anilines is 2. The minimum Gasteiger partial charge on any atom is -0.396 e. The molecule has 88 valence electrons. The molecule has 3 nitrogen and oxygen atoms in total. The molecule has 0 saturated heterocycles. The highest BCUT2D eigenvalue weighted by Gasteiger charge is 2.11. The van der Waals surface area contributed by atoms with E-state index in [1.807, 2.05) is 13.8 Å². The van der Waals surface area contributed by atoms with Crippen molar-refractivity contribution in [1.82, 2.24) is 0 Å². The maximum absolute atomic E-state index is 13.2. The number of nitrogen functional groups attached to an aromatic ring is 1. The van der Waals surface area contributed by atoms with Crippen molar-refractivity contribution in [3.05, 3.63) is 23.8 Å². The van der Waals surface area contributed by atoms with Crippen LogP contribution < -0.4 is 11.1 Å². The summed E-state index contributed by atoms with van der Waals surface area (Å²) in [6.07, 6.45) is 0.275. The average Bonchev–Trinajstić information content (AvgIpc) is 2.12. The third-order valence-electron chi connectivity index (χ3n) is 1.95. The molecule has 3 N–H and O–H groups in total. The number of rotatable bonds is 3. The number of hydrogen-bond donors (Lipinski definition) is 2. The Hall–Kier alpha value is -1.65. The van der Waals surface area contributed by atoms with E-state index in [9.17, 15) is 13.6 Å². The number of nitrogens with two attached hydrogens (primary N) is 1. The topological polar surface area (TPSA) is 55.1 Å². The normalized spacial score (nSPS) is 10.6. The quantitative estimate of drug-likeness (QED) is 0.781. The summed E-state index contributed by atoms with van der Waals surface area (Å²) in [5, 5.41) is 2.35. The van der Waals surface area contributed by atoms with Crippen LogP contribution >= 0.6 is 0 Å².